The summed E-state index contributed by atoms with van der Waals surface area (Å²) in [5.41, 5.74) is 7.51. The van der Waals surface area contributed by atoms with Crippen LogP contribution in [0.25, 0.3) is 0 Å². The number of likely N-dealkylation sites (tertiary alicyclic amines) is 1. The van der Waals surface area contributed by atoms with Crippen molar-refractivity contribution in [2.75, 3.05) is 13.1 Å². The maximum Gasteiger partial charge on any atom is 0.0233 e. The lowest BCUT2D eigenvalue weighted by Crippen LogP contribution is -2.32. The van der Waals surface area contributed by atoms with Crippen molar-refractivity contribution in [3.63, 3.8) is 0 Å². The van der Waals surface area contributed by atoms with Crippen molar-refractivity contribution in [3.8, 4) is 0 Å². The largest absolute Gasteiger partial charge is 0.328 e. The third-order valence-electron chi connectivity index (χ3n) is 4.41. The molecule has 0 bridgehead atoms. The molecule has 2 heteroatoms. The van der Waals surface area contributed by atoms with Crippen LogP contribution in [0.1, 0.15) is 24.8 Å². The normalized spacial score (nSPS) is 33.6. The Hall–Kier alpha value is -0.860. The van der Waals surface area contributed by atoms with Crippen molar-refractivity contribution < 1.29 is 0 Å². The zero-order valence-electron chi connectivity index (χ0n) is 10.4. The molecule has 0 spiro atoms. The van der Waals surface area contributed by atoms with Gasteiger partial charge in [0.2, 0.25) is 0 Å². The summed E-state index contributed by atoms with van der Waals surface area (Å²) in [7, 11) is 0. The van der Waals surface area contributed by atoms with E-state index >= 15 is 0 Å². The molecule has 1 aromatic carbocycles. The molecule has 0 unspecified atom stereocenters. The van der Waals surface area contributed by atoms with Crippen LogP contribution in [-0.4, -0.2) is 24.0 Å². The van der Waals surface area contributed by atoms with Gasteiger partial charge in [0.1, 0.15) is 0 Å². The molecule has 1 heterocycles. The predicted molar refractivity (Wildman–Crippen MR) is 70.5 cm³/mol. The lowest BCUT2D eigenvalue weighted by molar-refractivity contribution is 0.271. The first-order chi connectivity index (χ1) is 8.31. The van der Waals surface area contributed by atoms with Crippen LogP contribution in [0.5, 0.6) is 0 Å². The Morgan fingerprint density at radius 2 is 1.82 bits per heavy atom. The minimum absolute atomic E-state index is 0.466. The summed E-state index contributed by atoms with van der Waals surface area (Å²) < 4.78 is 0. The summed E-state index contributed by atoms with van der Waals surface area (Å²) >= 11 is 0. The van der Waals surface area contributed by atoms with Gasteiger partial charge in [-0.15, -0.1) is 0 Å². The fraction of sp³-hybridized carbons (Fsp3) is 0.600. The van der Waals surface area contributed by atoms with Crippen LogP contribution in [0.2, 0.25) is 0 Å². The molecule has 0 aromatic heterocycles. The molecule has 1 aliphatic heterocycles. The predicted octanol–water partition coefficient (Wildman–Crippen LogP) is 2.25. The van der Waals surface area contributed by atoms with Crippen LogP contribution < -0.4 is 5.73 Å². The molecule has 1 aliphatic carbocycles. The second kappa shape index (κ2) is 4.79. The first-order valence-corrected chi connectivity index (χ1v) is 6.83. The average molecular weight is 230 g/mol. The van der Waals surface area contributed by atoms with Crippen LogP contribution in [0.15, 0.2) is 30.3 Å². The summed E-state index contributed by atoms with van der Waals surface area (Å²) in [5, 5.41) is 0. The molecule has 2 N–H and O–H groups in total. The molecule has 0 radical (unpaired) electrons. The molecule has 3 atom stereocenters. The van der Waals surface area contributed by atoms with Crippen LogP contribution in [0.3, 0.4) is 0 Å². The van der Waals surface area contributed by atoms with Gasteiger partial charge < -0.3 is 5.73 Å². The second-order valence-corrected chi connectivity index (χ2v) is 5.77. The first-order valence-electron chi connectivity index (χ1n) is 6.83. The van der Waals surface area contributed by atoms with Gasteiger partial charge in [-0.1, -0.05) is 30.3 Å². The Morgan fingerprint density at radius 3 is 2.65 bits per heavy atom. The van der Waals surface area contributed by atoms with Gasteiger partial charge in [0.25, 0.3) is 0 Å². The van der Waals surface area contributed by atoms with Gasteiger partial charge in [0.15, 0.2) is 0 Å². The van der Waals surface area contributed by atoms with Crippen LogP contribution >= 0.6 is 0 Å². The molecule has 17 heavy (non-hydrogen) atoms. The van der Waals surface area contributed by atoms with Crippen LogP contribution in [-0.2, 0) is 6.54 Å². The molecular formula is C15H22N2. The van der Waals surface area contributed by atoms with E-state index in [1.807, 2.05) is 0 Å². The highest BCUT2D eigenvalue weighted by Crippen LogP contribution is 2.36. The van der Waals surface area contributed by atoms with Gasteiger partial charge in [-0.05, 0) is 36.7 Å². The number of hydrogen-bond acceptors (Lipinski definition) is 2. The van der Waals surface area contributed by atoms with Crippen LogP contribution in [0, 0.1) is 11.8 Å². The number of rotatable bonds is 2. The molecule has 2 nitrogen and oxygen atoms in total. The fourth-order valence-corrected chi connectivity index (χ4v) is 3.54. The molecule has 0 amide bonds. The van der Waals surface area contributed by atoms with Gasteiger partial charge in [0, 0.05) is 25.7 Å². The molecule has 1 saturated carbocycles. The highest BCUT2D eigenvalue weighted by atomic mass is 15.2. The van der Waals surface area contributed by atoms with E-state index in [9.17, 15) is 0 Å². The smallest absolute Gasteiger partial charge is 0.0233 e. The zero-order valence-corrected chi connectivity index (χ0v) is 10.4. The summed E-state index contributed by atoms with van der Waals surface area (Å²) in [6.07, 6.45) is 3.83. The minimum Gasteiger partial charge on any atom is -0.328 e. The molecule has 2 aliphatic rings. The number of nitrogens with zero attached hydrogens (tertiary/aromatic N) is 1. The maximum atomic E-state index is 6.07. The Bertz CT molecular complexity index is 362. The van der Waals surface area contributed by atoms with E-state index in [-0.39, 0.29) is 0 Å². The quantitative estimate of drug-likeness (QED) is 0.844. The standard InChI is InChI=1S/C15H22N2/c16-15-7-6-13-10-17(11-14(13)8-15)9-12-4-2-1-3-5-12/h1-5,13-15H,6-11,16H2/t13-,14+,15+/m0/s1. The molecule has 1 saturated heterocycles. The third-order valence-corrected chi connectivity index (χ3v) is 4.41. The molecule has 92 valence electrons. The monoisotopic (exact) mass is 230 g/mol. The Kier molecular flexibility index (Phi) is 3.17. The van der Waals surface area contributed by atoms with Crippen molar-refractivity contribution in [1.29, 1.82) is 0 Å². The van der Waals surface area contributed by atoms with E-state index < -0.39 is 0 Å². The summed E-state index contributed by atoms with van der Waals surface area (Å²) in [5.74, 6) is 1.78. The third kappa shape index (κ3) is 2.53. The minimum atomic E-state index is 0.466. The van der Waals surface area contributed by atoms with Gasteiger partial charge in [-0.3, -0.25) is 4.90 Å². The number of hydrogen-bond donors (Lipinski definition) is 1. The first kappa shape index (κ1) is 11.2. The van der Waals surface area contributed by atoms with Gasteiger partial charge in [-0.25, -0.2) is 0 Å². The van der Waals surface area contributed by atoms with E-state index in [1.165, 1.54) is 37.9 Å². The lowest BCUT2D eigenvalue weighted by atomic mass is 9.79. The van der Waals surface area contributed by atoms with E-state index in [4.69, 9.17) is 5.73 Å². The second-order valence-electron chi connectivity index (χ2n) is 5.77. The Morgan fingerprint density at radius 1 is 1.06 bits per heavy atom. The van der Waals surface area contributed by atoms with Crippen molar-refractivity contribution in [2.24, 2.45) is 17.6 Å². The lowest BCUT2D eigenvalue weighted by Gasteiger charge is -2.28. The Labute approximate surface area is 104 Å². The highest BCUT2D eigenvalue weighted by molar-refractivity contribution is 5.14. The van der Waals surface area contributed by atoms with E-state index in [2.05, 4.69) is 35.2 Å². The van der Waals surface area contributed by atoms with Crippen molar-refractivity contribution in [2.45, 2.75) is 31.8 Å². The van der Waals surface area contributed by atoms with E-state index in [0.717, 1.165) is 18.4 Å². The van der Waals surface area contributed by atoms with Crippen LogP contribution in [0.4, 0.5) is 0 Å². The summed E-state index contributed by atoms with van der Waals surface area (Å²) in [4.78, 5) is 2.61. The van der Waals surface area contributed by atoms with E-state index in [0.29, 0.717) is 6.04 Å². The molecule has 1 aromatic rings. The number of benzene rings is 1. The topological polar surface area (TPSA) is 29.3 Å². The molecule has 3 rings (SSSR count). The summed E-state index contributed by atoms with van der Waals surface area (Å²) in [6, 6.07) is 11.3. The summed E-state index contributed by atoms with van der Waals surface area (Å²) in [6.45, 7) is 3.66. The van der Waals surface area contributed by atoms with E-state index in [1.54, 1.807) is 0 Å². The molecular weight excluding hydrogens is 208 g/mol. The zero-order chi connectivity index (χ0) is 11.7. The fourth-order valence-electron chi connectivity index (χ4n) is 3.54. The van der Waals surface area contributed by atoms with Gasteiger partial charge >= 0.3 is 0 Å². The van der Waals surface area contributed by atoms with Crippen molar-refractivity contribution in [3.05, 3.63) is 35.9 Å². The number of nitrogens with two attached hydrogens (primary N) is 1. The Balaban J connectivity index is 1.60. The van der Waals surface area contributed by atoms with Gasteiger partial charge in [0.05, 0.1) is 0 Å². The maximum absolute atomic E-state index is 6.07. The van der Waals surface area contributed by atoms with Crippen molar-refractivity contribution >= 4 is 0 Å². The molecule has 2 fully saturated rings. The highest BCUT2D eigenvalue weighted by Gasteiger charge is 2.36. The average Bonchev–Trinajstić information content (AvgIpc) is 2.71. The number of fused-ring (bicyclic) bond motifs is 1. The van der Waals surface area contributed by atoms with Gasteiger partial charge in [-0.2, -0.15) is 0 Å². The van der Waals surface area contributed by atoms with Crippen molar-refractivity contribution in [1.82, 2.24) is 4.90 Å². The SMILES string of the molecule is N[C@@H]1CC[C@H]2CN(Cc3ccccc3)C[C@H]2C1.